The zero-order chi connectivity index (χ0) is 13.9. The highest BCUT2D eigenvalue weighted by molar-refractivity contribution is 5.91. The van der Waals surface area contributed by atoms with E-state index in [1.54, 1.807) is 6.20 Å². The highest BCUT2D eigenvalue weighted by atomic mass is 16.1. The number of carbonyl (C=O) groups is 1. The third kappa shape index (κ3) is 2.48. The molecular formula is C17H16N2O. The molecule has 3 aromatic rings. The minimum Gasteiger partial charge on any atom is -0.338 e. The van der Waals surface area contributed by atoms with Crippen LogP contribution in [-0.4, -0.2) is 15.3 Å². The van der Waals surface area contributed by atoms with Gasteiger partial charge in [0.1, 0.15) is 11.6 Å². The molecule has 3 rings (SSSR count). The molecule has 0 unspecified atom stereocenters. The Morgan fingerprint density at radius 2 is 1.90 bits per heavy atom. The maximum absolute atomic E-state index is 12.2. The van der Waals surface area contributed by atoms with Crippen LogP contribution in [0, 0.1) is 0 Å². The number of fused-ring (bicyclic) bond motifs is 1. The number of aromatic nitrogens is 2. The van der Waals surface area contributed by atoms with Crippen molar-refractivity contribution < 1.29 is 4.79 Å². The van der Waals surface area contributed by atoms with Gasteiger partial charge >= 0.3 is 0 Å². The Kier molecular flexibility index (Phi) is 3.33. The Labute approximate surface area is 117 Å². The van der Waals surface area contributed by atoms with Crippen molar-refractivity contribution in [2.45, 2.75) is 12.8 Å². The zero-order valence-corrected chi connectivity index (χ0v) is 11.4. The minimum atomic E-state index is 0.190. The summed E-state index contributed by atoms with van der Waals surface area (Å²) in [6.07, 6.45) is 4.42. The van der Waals surface area contributed by atoms with Crippen LogP contribution in [0.15, 0.2) is 54.9 Å². The summed E-state index contributed by atoms with van der Waals surface area (Å²) < 4.78 is 1.89. The third-order valence-corrected chi connectivity index (χ3v) is 3.54. The van der Waals surface area contributed by atoms with Gasteiger partial charge in [-0.25, -0.2) is 4.98 Å². The second-order valence-corrected chi connectivity index (χ2v) is 4.98. The summed E-state index contributed by atoms with van der Waals surface area (Å²) in [4.78, 5) is 16.4. The van der Waals surface area contributed by atoms with E-state index in [0.717, 1.165) is 16.8 Å². The zero-order valence-electron chi connectivity index (χ0n) is 11.4. The Hall–Kier alpha value is -2.42. The molecule has 0 aliphatic carbocycles. The van der Waals surface area contributed by atoms with Gasteiger partial charge in [0, 0.05) is 25.9 Å². The number of aryl methyl sites for hydroxylation is 1. The second-order valence-electron chi connectivity index (χ2n) is 4.98. The predicted octanol–water partition coefficient (Wildman–Crippen LogP) is 2.93. The van der Waals surface area contributed by atoms with Crippen molar-refractivity contribution in [2.24, 2.45) is 7.05 Å². The monoisotopic (exact) mass is 264 g/mol. The molecule has 2 aromatic carbocycles. The average Bonchev–Trinajstić information content (AvgIpc) is 2.85. The largest absolute Gasteiger partial charge is 0.338 e. The maximum atomic E-state index is 12.2. The molecule has 0 spiro atoms. The number of nitrogens with zero attached hydrogens (tertiary/aromatic N) is 2. The van der Waals surface area contributed by atoms with Gasteiger partial charge in [-0.05, 0) is 16.3 Å². The van der Waals surface area contributed by atoms with Gasteiger partial charge in [-0.1, -0.05) is 42.5 Å². The van der Waals surface area contributed by atoms with Gasteiger partial charge < -0.3 is 4.57 Å². The first-order valence-corrected chi connectivity index (χ1v) is 6.68. The molecule has 0 aliphatic rings. The summed E-state index contributed by atoms with van der Waals surface area (Å²) in [6.45, 7) is 0. The Bertz CT molecular complexity index is 753. The van der Waals surface area contributed by atoms with Crippen molar-refractivity contribution >= 4 is 16.6 Å². The molecule has 3 heteroatoms. The quantitative estimate of drug-likeness (QED) is 0.726. The van der Waals surface area contributed by atoms with E-state index >= 15 is 0 Å². The van der Waals surface area contributed by atoms with E-state index in [-0.39, 0.29) is 5.78 Å². The van der Waals surface area contributed by atoms with Gasteiger partial charge in [-0.2, -0.15) is 0 Å². The van der Waals surface area contributed by atoms with Crippen LogP contribution in [-0.2, 0) is 24.7 Å². The fraction of sp³-hybridized carbons (Fsp3) is 0.176. The first-order valence-electron chi connectivity index (χ1n) is 6.68. The minimum absolute atomic E-state index is 0.190. The fourth-order valence-corrected chi connectivity index (χ4v) is 2.46. The third-order valence-electron chi connectivity index (χ3n) is 3.54. The molecule has 0 bridgehead atoms. The highest BCUT2D eigenvalue weighted by Gasteiger charge is 2.10. The standard InChI is InChI=1S/C17H16N2O/c1-19-10-9-18-17(19)12-15(20)11-14-7-4-6-13-5-2-3-8-16(13)14/h2-10H,11-12H2,1H3. The second kappa shape index (κ2) is 5.29. The number of hydrogen-bond donors (Lipinski definition) is 0. The van der Waals surface area contributed by atoms with Crippen molar-refractivity contribution in [3.05, 3.63) is 66.2 Å². The molecule has 1 heterocycles. The number of ketones is 1. The predicted molar refractivity (Wildman–Crippen MR) is 79.6 cm³/mol. The van der Waals surface area contributed by atoms with E-state index < -0.39 is 0 Å². The summed E-state index contributed by atoms with van der Waals surface area (Å²) in [5.41, 5.74) is 1.09. The maximum Gasteiger partial charge on any atom is 0.144 e. The molecule has 1 aromatic heterocycles. The van der Waals surface area contributed by atoms with Crippen molar-refractivity contribution in [2.75, 3.05) is 0 Å². The number of benzene rings is 2. The van der Waals surface area contributed by atoms with E-state index in [1.165, 1.54) is 5.39 Å². The van der Waals surface area contributed by atoms with E-state index in [0.29, 0.717) is 12.8 Å². The normalized spacial score (nSPS) is 10.8. The first kappa shape index (κ1) is 12.6. The van der Waals surface area contributed by atoms with Gasteiger partial charge in [0.2, 0.25) is 0 Å². The van der Waals surface area contributed by atoms with Crippen LogP contribution < -0.4 is 0 Å². The first-order chi connectivity index (χ1) is 9.74. The summed E-state index contributed by atoms with van der Waals surface area (Å²) in [5, 5.41) is 2.33. The Morgan fingerprint density at radius 1 is 1.10 bits per heavy atom. The van der Waals surface area contributed by atoms with Crippen LogP contribution in [0.5, 0.6) is 0 Å². The average molecular weight is 264 g/mol. The van der Waals surface area contributed by atoms with Crippen molar-refractivity contribution in [3.63, 3.8) is 0 Å². The SMILES string of the molecule is Cn1ccnc1CC(=O)Cc1cccc2ccccc12. The molecule has 3 nitrogen and oxygen atoms in total. The molecule has 0 atom stereocenters. The number of imidazole rings is 1. The van der Waals surface area contributed by atoms with Crippen molar-refractivity contribution in [1.29, 1.82) is 0 Å². The van der Waals surface area contributed by atoms with Crippen LogP contribution in [0.3, 0.4) is 0 Å². The van der Waals surface area contributed by atoms with E-state index in [9.17, 15) is 4.79 Å². The van der Waals surface area contributed by atoms with Gasteiger partial charge in [0.05, 0.1) is 6.42 Å². The van der Waals surface area contributed by atoms with E-state index in [4.69, 9.17) is 0 Å². The number of Topliss-reactive ketones (excluding diaryl/α,β-unsaturated/α-hetero) is 1. The van der Waals surface area contributed by atoms with Crippen LogP contribution in [0.1, 0.15) is 11.4 Å². The molecule has 0 aliphatic heterocycles. The van der Waals surface area contributed by atoms with Crippen LogP contribution in [0.2, 0.25) is 0 Å². The summed E-state index contributed by atoms with van der Waals surface area (Å²) in [5.74, 6) is 1.01. The van der Waals surface area contributed by atoms with Gasteiger partial charge in [-0.3, -0.25) is 4.79 Å². The number of carbonyl (C=O) groups excluding carboxylic acids is 1. The number of hydrogen-bond acceptors (Lipinski definition) is 2. The molecule has 100 valence electrons. The lowest BCUT2D eigenvalue weighted by Gasteiger charge is -2.06. The number of rotatable bonds is 4. The lowest BCUT2D eigenvalue weighted by Crippen LogP contribution is -2.10. The molecule has 0 amide bonds. The Balaban J connectivity index is 1.83. The summed E-state index contributed by atoms with van der Waals surface area (Å²) in [6, 6.07) is 14.3. The summed E-state index contributed by atoms with van der Waals surface area (Å²) in [7, 11) is 1.91. The van der Waals surface area contributed by atoms with Crippen molar-refractivity contribution in [1.82, 2.24) is 9.55 Å². The smallest absolute Gasteiger partial charge is 0.144 e. The van der Waals surface area contributed by atoms with Crippen molar-refractivity contribution in [3.8, 4) is 0 Å². The topological polar surface area (TPSA) is 34.9 Å². The molecule has 20 heavy (non-hydrogen) atoms. The van der Waals surface area contributed by atoms with Crippen LogP contribution in [0.4, 0.5) is 0 Å². The van der Waals surface area contributed by atoms with Gasteiger partial charge in [-0.15, -0.1) is 0 Å². The fourth-order valence-electron chi connectivity index (χ4n) is 2.46. The lowest BCUT2D eigenvalue weighted by atomic mass is 9.99. The van der Waals surface area contributed by atoms with Gasteiger partial charge in [0.15, 0.2) is 0 Å². The van der Waals surface area contributed by atoms with Crippen LogP contribution in [0.25, 0.3) is 10.8 Å². The molecule has 0 radical (unpaired) electrons. The molecule has 0 fully saturated rings. The highest BCUT2D eigenvalue weighted by Crippen LogP contribution is 2.19. The van der Waals surface area contributed by atoms with Gasteiger partial charge in [0.25, 0.3) is 0 Å². The molecule has 0 saturated heterocycles. The van der Waals surface area contributed by atoms with Crippen LogP contribution >= 0.6 is 0 Å². The lowest BCUT2D eigenvalue weighted by molar-refractivity contribution is -0.117. The van der Waals surface area contributed by atoms with E-state index in [1.807, 2.05) is 42.1 Å². The molecular weight excluding hydrogens is 248 g/mol. The molecule has 0 saturated carbocycles. The molecule has 0 N–H and O–H groups in total. The Morgan fingerprint density at radius 3 is 2.70 bits per heavy atom. The van der Waals surface area contributed by atoms with E-state index in [2.05, 4.69) is 23.2 Å². The summed E-state index contributed by atoms with van der Waals surface area (Å²) >= 11 is 0.